The van der Waals surface area contributed by atoms with Crippen molar-refractivity contribution >= 4 is 5.69 Å². The van der Waals surface area contributed by atoms with E-state index in [9.17, 15) is 10.1 Å². The summed E-state index contributed by atoms with van der Waals surface area (Å²) >= 11 is 0. The molecule has 1 heterocycles. The van der Waals surface area contributed by atoms with E-state index in [1.165, 1.54) is 19.0 Å². The van der Waals surface area contributed by atoms with Gasteiger partial charge in [-0.2, -0.15) is 5.10 Å². The van der Waals surface area contributed by atoms with Crippen LogP contribution in [0.15, 0.2) is 12.4 Å². The quantitative estimate of drug-likeness (QED) is 0.555. The third-order valence-corrected chi connectivity index (χ3v) is 3.16. The lowest BCUT2D eigenvalue weighted by atomic mass is 9.87. The highest BCUT2D eigenvalue weighted by Gasteiger charge is 2.21. The van der Waals surface area contributed by atoms with Gasteiger partial charge in [0.15, 0.2) is 0 Å². The van der Waals surface area contributed by atoms with E-state index in [2.05, 4.69) is 12.0 Å². The normalized spacial score (nSPS) is 26.5. The zero-order valence-electron chi connectivity index (χ0n) is 8.80. The van der Waals surface area contributed by atoms with Crippen molar-refractivity contribution in [3.05, 3.63) is 22.5 Å². The van der Waals surface area contributed by atoms with Gasteiger partial charge in [-0.1, -0.05) is 6.92 Å². The van der Waals surface area contributed by atoms with Gasteiger partial charge in [-0.25, -0.2) is 0 Å². The predicted molar refractivity (Wildman–Crippen MR) is 55.6 cm³/mol. The average Bonchev–Trinajstić information content (AvgIpc) is 2.68. The average molecular weight is 209 g/mol. The van der Waals surface area contributed by atoms with E-state index in [0.29, 0.717) is 6.04 Å². The Bertz CT molecular complexity index is 353. The second kappa shape index (κ2) is 4.00. The van der Waals surface area contributed by atoms with E-state index in [1.54, 1.807) is 10.9 Å². The van der Waals surface area contributed by atoms with E-state index < -0.39 is 4.92 Å². The first-order valence-electron chi connectivity index (χ1n) is 5.35. The Labute approximate surface area is 88.2 Å². The highest BCUT2D eigenvalue weighted by atomic mass is 16.6. The molecule has 1 aromatic heterocycles. The molecule has 5 nitrogen and oxygen atoms in total. The van der Waals surface area contributed by atoms with Crippen molar-refractivity contribution in [1.82, 2.24) is 9.78 Å². The van der Waals surface area contributed by atoms with Gasteiger partial charge in [0.1, 0.15) is 12.4 Å². The first-order valence-corrected chi connectivity index (χ1v) is 5.35. The second-order valence-corrected chi connectivity index (χ2v) is 4.35. The van der Waals surface area contributed by atoms with Gasteiger partial charge in [0.2, 0.25) is 0 Å². The molecule has 0 amide bonds. The topological polar surface area (TPSA) is 61.0 Å². The molecule has 1 fully saturated rings. The Kier molecular flexibility index (Phi) is 2.70. The van der Waals surface area contributed by atoms with Gasteiger partial charge in [0.25, 0.3) is 0 Å². The first kappa shape index (κ1) is 10.1. The van der Waals surface area contributed by atoms with Crippen LogP contribution in [0.25, 0.3) is 0 Å². The molecule has 0 aliphatic heterocycles. The Morgan fingerprint density at radius 3 is 2.67 bits per heavy atom. The predicted octanol–water partition coefficient (Wildman–Crippen LogP) is 2.54. The zero-order chi connectivity index (χ0) is 10.8. The van der Waals surface area contributed by atoms with Gasteiger partial charge in [0.05, 0.1) is 11.0 Å². The van der Waals surface area contributed by atoms with Gasteiger partial charge in [0, 0.05) is 0 Å². The lowest BCUT2D eigenvalue weighted by Gasteiger charge is -2.25. The minimum atomic E-state index is -0.394. The summed E-state index contributed by atoms with van der Waals surface area (Å²) in [6.45, 7) is 2.25. The fourth-order valence-electron chi connectivity index (χ4n) is 2.13. The molecule has 0 bridgehead atoms. The molecular weight excluding hydrogens is 194 g/mol. The number of hydrogen-bond acceptors (Lipinski definition) is 3. The van der Waals surface area contributed by atoms with Crippen LogP contribution >= 0.6 is 0 Å². The molecule has 0 unspecified atom stereocenters. The van der Waals surface area contributed by atoms with Crippen molar-refractivity contribution in [1.29, 1.82) is 0 Å². The van der Waals surface area contributed by atoms with Crippen LogP contribution in [0.1, 0.15) is 38.6 Å². The highest BCUT2D eigenvalue weighted by Crippen LogP contribution is 2.31. The molecule has 15 heavy (non-hydrogen) atoms. The fourth-order valence-corrected chi connectivity index (χ4v) is 2.13. The minimum absolute atomic E-state index is 0.0913. The Balaban J connectivity index is 2.06. The lowest BCUT2D eigenvalue weighted by Crippen LogP contribution is -2.16. The molecule has 5 heteroatoms. The largest absolute Gasteiger partial charge is 0.307 e. The highest BCUT2D eigenvalue weighted by molar-refractivity contribution is 5.21. The Morgan fingerprint density at radius 1 is 1.47 bits per heavy atom. The summed E-state index contributed by atoms with van der Waals surface area (Å²) < 4.78 is 1.75. The van der Waals surface area contributed by atoms with Crippen LogP contribution in [0.5, 0.6) is 0 Å². The summed E-state index contributed by atoms with van der Waals surface area (Å²) in [4.78, 5) is 10.1. The molecule has 0 radical (unpaired) electrons. The summed E-state index contributed by atoms with van der Waals surface area (Å²) in [5.74, 6) is 0.784. The number of nitro groups is 1. The first-order chi connectivity index (χ1) is 7.16. The third kappa shape index (κ3) is 2.16. The number of rotatable bonds is 2. The Morgan fingerprint density at radius 2 is 2.13 bits per heavy atom. The molecule has 2 rings (SSSR count). The standard InChI is InChI=1S/C10H15N3O2/c1-8-2-4-9(5-3-8)12-7-10(6-11-12)13(14)15/h6-9H,2-5H2,1H3. The molecule has 0 atom stereocenters. The zero-order valence-corrected chi connectivity index (χ0v) is 8.80. The van der Waals surface area contributed by atoms with Crippen LogP contribution in [0.2, 0.25) is 0 Å². The summed E-state index contributed by atoms with van der Waals surface area (Å²) in [5, 5.41) is 14.6. The van der Waals surface area contributed by atoms with Crippen LogP contribution in [0.4, 0.5) is 5.69 Å². The van der Waals surface area contributed by atoms with E-state index in [0.717, 1.165) is 18.8 Å². The number of aromatic nitrogens is 2. The molecule has 0 saturated heterocycles. The third-order valence-electron chi connectivity index (χ3n) is 3.16. The summed E-state index contributed by atoms with van der Waals surface area (Å²) in [6, 6.07) is 0.356. The smallest absolute Gasteiger partial charge is 0.263 e. The fraction of sp³-hybridized carbons (Fsp3) is 0.700. The van der Waals surface area contributed by atoms with Gasteiger partial charge in [-0.3, -0.25) is 14.8 Å². The molecule has 0 N–H and O–H groups in total. The molecular formula is C10H15N3O2. The van der Waals surface area contributed by atoms with E-state index >= 15 is 0 Å². The second-order valence-electron chi connectivity index (χ2n) is 4.35. The maximum absolute atomic E-state index is 10.5. The van der Waals surface area contributed by atoms with Crippen molar-refractivity contribution in [2.45, 2.75) is 38.6 Å². The van der Waals surface area contributed by atoms with Crippen molar-refractivity contribution in [2.24, 2.45) is 5.92 Å². The Hall–Kier alpha value is -1.39. The van der Waals surface area contributed by atoms with Gasteiger partial charge < -0.3 is 0 Å². The van der Waals surface area contributed by atoms with Crippen molar-refractivity contribution < 1.29 is 4.92 Å². The summed E-state index contributed by atoms with van der Waals surface area (Å²) in [6.07, 6.45) is 7.43. The van der Waals surface area contributed by atoms with E-state index in [-0.39, 0.29) is 5.69 Å². The van der Waals surface area contributed by atoms with Crippen LogP contribution in [-0.4, -0.2) is 14.7 Å². The molecule has 1 aromatic rings. The van der Waals surface area contributed by atoms with E-state index in [1.807, 2.05) is 0 Å². The van der Waals surface area contributed by atoms with Crippen LogP contribution in [-0.2, 0) is 0 Å². The maximum Gasteiger partial charge on any atom is 0.307 e. The molecule has 0 spiro atoms. The van der Waals surface area contributed by atoms with Crippen molar-refractivity contribution in [2.75, 3.05) is 0 Å². The van der Waals surface area contributed by atoms with Gasteiger partial charge in [-0.05, 0) is 31.6 Å². The minimum Gasteiger partial charge on any atom is -0.263 e. The van der Waals surface area contributed by atoms with Gasteiger partial charge in [-0.15, -0.1) is 0 Å². The molecule has 82 valence electrons. The maximum atomic E-state index is 10.5. The monoisotopic (exact) mass is 209 g/mol. The molecule has 1 aliphatic rings. The van der Waals surface area contributed by atoms with Crippen LogP contribution in [0, 0.1) is 16.0 Å². The number of hydrogen-bond donors (Lipinski definition) is 0. The van der Waals surface area contributed by atoms with Crippen LogP contribution < -0.4 is 0 Å². The van der Waals surface area contributed by atoms with Gasteiger partial charge >= 0.3 is 5.69 Å². The SMILES string of the molecule is CC1CCC(n2cc([N+](=O)[O-])cn2)CC1. The number of nitrogens with zero attached hydrogens (tertiary/aromatic N) is 3. The molecule has 1 aliphatic carbocycles. The lowest BCUT2D eigenvalue weighted by molar-refractivity contribution is -0.385. The van der Waals surface area contributed by atoms with Crippen molar-refractivity contribution in [3.63, 3.8) is 0 Å². The van der Waals surface area contributed by atoms with E-state index in [4.69, 9.17) is 0 Å². The molecule has 1 saturated carbocycles. The van der Waals surface area contributed by atoms with Crippen molar-refractivity contribution in [3.8, 4) is 0 Å². The summed E-state index contributed by atoms with van der Waals surface area (Å²) in [7, 11) is 0. The molecule has 0 aromatic carbocycles. The van der Waals surface area contributed by atoms with Crippen LogP contribution in [0.3, 0.4) is 0 Å². The summed E-state index contributed by atoms with van der Waals surface area (Å²) in [5.41, 5.74) is 0.0913.